The molecular formula is C16H19N3OS. The second-order valence-corrected chi connectivity index (χ2v) is 6.38. The Bertz CT molecular complexity index is 747. The number of aryl methyl sites for hydroxylation is 1. The van der Waals surface area contributed by atoms with Crippen molar-refractivity contribution in [2.75, 3.05) is 19.0 Å². The van der Waals surface area contributed by atoms with Crippen molar-refractivity contribution in [3.63, 3.8) is 0 Å². The number of thiazole rings is 1. The molecule has 110 valence electrons. The summed E-state index contributed by atoms with van der Waals surface area (Å²) in [6, 6.07) is 8.55. The van der Waals surface area contributed by atoms with E-state index >= 15 is 0 Å². The van der Waals surface area contributed by atoms with E-state index in [9.17, 15) is 0 Å². The molecule has 0 aliphatic rings. The number of nitrogens with zero attached hydrogens (tertiary/aromatic N) is 1. The molecule has 0 unspecified atom stereocenters. The minimum atomic E-state index is 0.247. The molecule has 2 N–H and O–H groups in total. The Morgan fingerprint density at radius 1 is 1.38 bits per heavy atom. The van der Waals surface area contributed by atoms with Gasteiger partial charge in [-0.2, -0.15) is 0 Å². The number of nitrogens with one attached hydrogen (secondary N) is 2. The van der Waals surface area contributed by atoms with E-state index in [-0.39, 0.29) is 6.04 Å². The van der Waals surface area contributed by atoms with Gasteiger partial charge in [-0.05, 0) is 19.9 Å². The SMILES string of the molecule is COC[C@H](C)Nc1nc(-c2c[nH]c3ccccc23)c(C)s1. The predicted octanol–water partition coefficient (Wildman–Crippen LogP) is 4.05. The molecule has 0 fully saturated rings. The van der Waals surface area contributed by atoms with Gasteiger partial charge in [0.1, 0.15) is 0 Å². The molecule has 0 aliphatic carbocycles. The van der Waals surface area contributed by atoms with Crippen LogP contribution >= 0.6 is 11.3 Å². The molecule has 5 heteroatoms. The number of rotatable bonds is 5. The molecule has 21 heavy (non-hydrogen) atoms. The Morgan fingerprint density at radius 2 is 2.19 bits per heavy atom. The minimum Gasteiger partial charge on any atom is -0.383 e. The first-order valence-corrected chi connectivity index (χ1v) is 7.80. The molecule has 0 radical (unpaired) electrons. The van der Waals surface area contributed by atoms with Gasteiger partial charge >= 0.3 is 0 Å². The summed E-state index contributed by atoms with van der Waals surface area (Å²) in [5.41, 5.74) is 3.35. The lowest BCUT2D eigenvalue weighted by Crippen LogP contribution is -2.20. The smallest absolute Gasteiger partial charge is 0.183 e. The molecule has 3 aromatic rings. The number of hydrogen-bond donors (Lipinski definition) is 2. The molecule has 0 bridgehead atoms. The molecular weight excluding hydrogens is 282 g/mol. The van der Waals surface area contributed by atoms with Crippen LogP contribution in [0.4, 0.5) is 5.13 Å². The van der Waals surface area contributed by atoms with E-state index < -0.39 is 0 Å². The third-order valence-electron chi connectivity index (χ3n) is 3.43. The molecule has 3 rings (SSSR count). The number of aromatic nitrogens is 2. The third kappa shape index (κ3) is 2.80. The highest BCUT2D eigenvalue weighted by Crippen LogP contribution is 2.34. The van der Waals surface area contributed by atoms with Gasteiger partial charge in [0, 0.05) is 40.7 Å². The van der Waals surface area contributed by atoms with Gasteiger partial charge in [-0.3, -0.25) is 0 Å². The monoisotopic (exact) mass is 301 g/mol. The number of methoxy groups -OCH3 is 1. The van der Waals surface area contributed by atoms with Crippen molar-refractivity contribution in [1.29, 1.82) is 0 Å². The van der Waals surface area contributed by atoms with Crippen LogP contribution in [0.15, 0.2) is 30.5 Å². The lowest BCUT2D eigenvalue weighted by atomic mass is 10.1. The fourth-order valence-electron chi connectivity index (χ4n) is 2.48. The predicted molar refractivity (Wildman–Crippen MR) is 89.1 cm³/mol. The molecule has 0 spiro atoms. The zero-order valence-electron chi connectivity index (χ0n) is 12.4. The second-order valence-electron chi connectivity index (χ2n) is 5.17. The second kappa shape index (κ2) is 5.87. The van der Waals surface area contributed by atoms with E-state index in [0.717, 1.165) is 21.9 Å². The van der Waals surface area contributed by atoms with Gasteiger partial charge in [0.2, 0.25) is 0 Å². The summed E-state index contributed by atoms with van der Waals surface area (Å²) in [5, 5.41) is 5.54. The summed E-state index contributed by atoms with van der Waals surface area (Å²) < 4.78 is 5.15. The zero-order chi connectivity index (χ0) is 14.8. The van der Waals surface area contributed by atoms with Crippen molar-refractivity contribution in [3.05, 3.63) is 35.3 Å². The Kier molecular flexibility index (Phi) is 3.94. The lowest BCUT2D eigenvalue weighted by Gasteiger charge is -2.10. The van der Waals surface area contributed by atoms with Gasteiger partial charge in [0.25, 0.3) is 0 Å². The van der Waals surface area contributed by atoms with E-state index in [1.807, 2.05) is 12.3 Å². The van der Waals surface area contributed by atoms with Crippen molar-refractivity contribution < 1.29 is 4.74 Å². The van der Waals surface area contributed by atoms with Crippen LogP contribution in [-0.4, -0.2) is 29.7 Å². The quantitative estimate of drug-likeness (QED) is 0.747. The van der Waals surface area contributed by atoms with Crippen LogP contribution in [0.3, 0.4) is 0 Å². The van der Waals surface area contributed by atoms with Gasteiger partial charge < -0.3 is 15.0 Å². The average molecular weight is 301 g/mol. The first-order chi connectivity index (χ1) is 10.2. The van der Waals surface area contributed by atoms with Crippen LogP contribution < -0.4 is 5.32 Å². The molecule has 0 saturated heterocycles. The maximum Gasteiger partial charge on any atom is 0.183 e. The van der Waals surface area contributed by atoms with Crippen molar-refractivity contribution in [1.82, 2.24) is 9.97 Å². The highest BCUT2D eigenvalue weighted by atomic mass is 32.1. The van der Waals surface area contributed by atoms with Crippen molar-refractivity contribution in [3.8, 4) is 11.3 Å². The number of fused-ring (bicyclic) bond motifs is 1. The van der Waals surface area contributed by atoms with Crippen LogP contribution in [0.2, 0.25) is 0 Å². The molecule has 1 aromatic carbocycles. The molecule has 0 saturated carbocycles. The lowest BCUT2D eigenvalue weighted by molar-refractivity contribution is 0.190. The van der Waals surface area contributed by atoms with Crippen LogP contribution in [0.5, 0.6) is 0 Å². The number of anilines is 1. The zero-order valence-corrected chi connectivity index (χ0v) is 13.3. The molecule has 0 aliphatic heterocycles. The van der Waals surface area contributed by atoms with Gasteiger partial charge in [-0.1, -0.05) is 18.2 Å². The van der Waals surface area contributed by atoms with Crippen molar-refractivity contribution >= 4 is 27.4 Å². The normalized spacial score (nSPS) is 12.7. The van der Waals surface area contributed by atoms with Crippen LogP contribution in [0.1, 0.15) is 11.8 Å². The van der Waals surface area contributed by atoms with Crippen molar-refractivity contribution in [2.24, 2.45) is 0 Å². The van der Waals surface area contributed by atoms with Crippen LogP contribution in [0.25, 0.3) is 22.2 Å². The summed E-state index contributed by atoms with van der Waals surface area (Å²) in [4.78, 5) is 9.28. The number of hydrogen-bond acceptors (Lipinski definition) is 4. The van der Waals surface area contributed by atoms with E-state index in [2.05, 4.69) is 42.3 Å². The summed E-state index contributed by atoms with van der Waals surface area (Å²) in [6.45, 7) is 4.87. The molecule has 0 amide bonds. The fourth-order valence-corrected chi connectivity index (χ4v) is 3.42. The van der Waals surface area contributed by atoms with Gasteiger partial charge in [0.15, 0.2) is 5.13 Å². The van der Waals surface area contributed by atoms with Crippen LogP contribution in [-0.2, 0) is 4.74 Å². The first-order valence-electron chi connectivity index (χ1n) is 6.98. The molecule has 4 nitrogen and oxygen atoms in total. The molecule has 2 heterocycles. The summed E-state index contributed by atoms with van der Waals surface area (Å²) in [5.74, 6) is 0. The third-order valence-corrected chi connectivity index (χ3v) is 4.33. The molecule has 1 atom stereocenters. The van der Waals surface area contributed by atoms with E-state index in [1.54, 1.807) is 18.4 Å². The Balaban J connectivity index is 1.94. The summed E-state index contributed by atoms with van der Waals surface area (Å²) in [6.07, 6.45) is 2.04. The highest BCUT2D eigenvalue weighted by Gasteiger charge is 2.14. The van der Waals surface area contributed by atoms with E-state index in [4.69, 9.17) is 9.72 Å². The summed E-state index contributed by atoms with van der Waals surface area (Å²) in [7, 11) is 1.71. The Hall–Kier alpha value is -1.85. The fraction of sp³-hybridized carbons (Fsp3) is 0.312. The number of ether oxygens (including phenoxy) is 1. The Morgan fingerprint density at radius 3 is 3.00 bits per heavy atom. The van der Waals surface area contributed by atoms with Gasteiger partial charge in [-0.15, -0.1) is 11.3 Å². The minimum absolute atomic E-state index is 0.247. The largest absolute Gasteiger partial charge is 0.383 e. The van der Waals surface area contributed by atoms with E-state index in [1.165, 1.54) is 10.3 Å². The van der Waals surface area contributed by atoms with Gasteiger partial charge in [-0.25, -0.2) is 4.98 Å². The van der Waals surface area contributed by atoms with Crippen molar-refractivity contribution in [2.45, 2.75) is 19.9 Å². The number of H-pyrrole nitrogens is 1. The highest BCUT2D eigenvalue weighted by molar-refractivity contribution is 7.16. The topological polar surface area (TPSA) is 49.9 Å². The summed E-state index contributed by atoms with van der Waals surface area (Å²) >= 11 is 1.68. The number of benzene rings is 1. The first kappa shape index (κ1) is 14.1. The van der Waals surface area contributed by atoms with E-state index in [0.29, 0.717) is 6.61 Å². The average Bonchev–Trinajstić information content (AvgIpc) is 3.02. The van der Waals surface area contributed by atoms with Gasteiger partial charge in [0.05, 0.1) is 12.3 Å². The van der Waals surface area contributed by atoms with Crippen LogP contribution in [0, 0.1) is 6.92 Å². The maximum atomic E-state index is 5.15. The standard InChI is InChI=1S/C16H19N3OS/c1-10(9-20-3)18-16-19-15(11(2)21-16)13-8-17-14-7-5-4-6-12(13)14/h4-8,10,17H,9H2,1-3H3,(H,18,19)/t10-/m0/s1. The molecule has 2 aromatic heterocycles. The number of aromatic amines is 1. The Labute approximate surface area is 128 Å². The number of para-hydroxylation sites is 1. The maximum absolute atomic E-state index is 5.15.